The van der Waals surface area contributed by atoms with Gasteiger partial charge in [-0.3, -0.25) is 9.59 Å². The summed E-state index contributed by atoms with van der Waals surface area (Å²) in [4.78, 5) is 30.3. The first-order valence-corrected chi connectivity index (χ1v) is 7.14. The molecule has 12 heteroatoms. The van der Waals surface area contributed by atoms with Crippen LogP contribution in [0.1, 0.15) is 0 Å². The third-order valence-electron chi connectivity index (χ3n) is 2.27. The molecule has 0 aliphatic rings. The van der Waals surface area contributed by atoms with Crippen molar-refractivity contribution in [3.05, 3.63) is 25.3 Å². The second kappa shape index (κ2) is 8.17. The Morgan fingerprint density at radius 3 is 1.73 bits per heavy atom. The molecule has 0 N–H and O–H groups in total. The Labute approximate surface area is 125 Å². The molecule has 0 bridgehead atoms. The van der Waals surface area contributed by atoms with Gasteiger partial charge in [0, 0.05) is 4.57 Å². The molecule has 116 valence electrons. The van der Waals surface area contributed by atoms with E-state index in [1.54, 1.807) is 0 Å². The van der Waals surface area contributed by atoms with E-state index in [2.05, 4.69) is 20.2 Å². The molecule has 0 aliphatic heterocycles. The second-order valence-electron chi connectivity index (χ2n) is 4.03. The van der Waals surface area contributed by atoms with Crippen molar-refractivity contribution in [2.75, 3.05) is 13.2 Å². The summed E-state index contributed by atoms with van der Waals surface area (Å²) in [6, 6.07) is 0. The molecule has 0 saturated heterocycles. The summed E-state index contributed by atoms with van der Waals surface area (Å²) < 4.78 is 23.5. The van der Waals surface area contributed by atoms with E-state index in [9.17, 15) is 14.2 Å². The Bertz CT molecular complexity index is 574. The number of hydrogen-bond acceptors (Lipinski definition) is 9. The monoisotopic (exact) mass is 327 g/mol. The molecule has 0 fully saturated rings. The van der Waals surface area contributed by atoms with E-state index in [0.717, 1.165) is 0 Å². The molecule has 0 unspecified atom stereocenters. The summed E-state index contributed by atoms with van der Waals surface area (Å²) in [6.07, 6.45) is 5.32. The van der Waals surface area contributed by atoms with Crippen LogP contribution >= 0.6 is 8.25 Å². The Hall–Kier alpha value is -2.36. The molecule has 2 heterocycles. The first kappa shape index (κ1) is 16.0. The van der Waals surface area contributed by atoms with Crippen LogP contribution in [0, 0.1) is 0 Å². The molecule has 0 radical (unpaired) electrons. The van der Waals surface area contributed by atoms with Gasteiger partial charge in [0.1, 0.15) is 38.4 Å². The lowest BCUT2D eigenvalue weighted by molar-refractivity contribution is -0.122. The SMILES string of the molecule is O=C(CO[P+](=O)OCC(=O)Cn1cncn1)Cn1cncn1. The highest BCUT2D eigenvalue weighted by molar-refractivity contribution is 7.33. The van der Waals surface area contributed by atoms with E-state index in [0.29, 0.717) is 0 Å². The van der Waals surface area contributed by atoms with E-state index in [1.165, 1.54) is 34.7 Å². The third-order valence-corrected chi connectivity index (χ3v) is 2.95. The lowest BCUT2D eigenvalue weighted by Gasteiger charge is -1.97. The van der Waals surface area contributed by atoms with Gasteiger partial charge in [-0.25, -0.2) is 19.3 Å². The van der Waals surface area contributed by atoms with Crippen molar-refractivity contribution in [2.24, 2.45) is 0 Å². The zero-order valence-corrected chi connectivity index (χ0v) is 12.2. The van der Waals surface area contributed by atoms with Gasteiger partial charge < -0.3 is 0 Å². The van der Waals surface area contributed by atoms with Gasteiger partial charge in [-0.2, -0.15) is 10.2 Å². The number of ketones is 2. The standard InChI is InChI=1S/C10H12N6O5P/c17-9(1-15-7-11-5-13-15)3-20-22(19)21-4-10(18)2-16-8-12-6-14-16/h5-8H,1-4H2/q+1. The molecule has 2 aromatic rings. The topological polar surface area (TPSA) is 131 Å². The summed E-state index contributed by atoms with van der Waals surface area (Å²) in [5, 5.41) is 7.49. The smallest absolute Gasteiger partial charge is 0.295 e. The number of carbonyl (C=O) groups is 2. The maximum Gasteiger partial charge on any atom is 0.698 e. The summed E-state index contributed by atoms with van der Waals surface area (Å²) in [5.74, 6) is -0.710. The highest BCUT2D eigenvalue weighted by Gasteiger charge is 2.24. The van der Waals surface area contributed by atoms with Gasteiger partial charge in [0.05, 0.1) is 0 Å². The van der Waals surface area contributed by atoms with Crippen LogP contribution < -0.4 is 0 Å². The van der Waals surface area contributed by atoms with Crippen LogP contribution in [0.4, 0.5) is 0 Å². The zero-order chi connectivity index (χ0) is 15.8. The van der Waals surface area contributed by atoms with E-state index in [-0.39, 0.29) is 24.7 Å². The van der Waals surface area contributed by atoms with Crippen molar-refractivity contribution in [1.82, 2.24) is 29.5 Å². The third kappa shape index (κ3) is 5.56. The number of Topliss-reactive ketones (excluding diaryl/α,β-unsaturated/α-hetero) is 2. The minimum absolute atomic E-state index is 0.0472. The Morgan fingerprint density at radius 1 is 0.909 bits per heavy atom. The van der Waals surface area contributed by atoms with Crippen molar-refractivity contribution in [3.8, 4) is 0 Å². The lowest BCUT2D eigenvalue weighted by atomic mass is 10.4. The minimum Gasteiger partial charge on any atom is -0.295 e. The Kier molecular flexibility index (Phi) is 5.95. The molecule has 0 atom stereocenters. The molecule has 2 rings (SSSR count). The molecule has 2 aromatic heterocycles. The fourth-order valence-corrected chi connectivity index (χ4v) is 1.94. The Balaban J connectivity index is 1.61. The number of nitrogens with zero attached hydrogens (tertiary/aromatic N) is 6. The summed E-state index contributed by atoms with van der Waals surface area (Å²) in [6.45, 7) is -0.915. The van der Waals surface area contributed by atoms with Gasteiger partial charge in [0.15, 0.2) is 24.8 Å². The van der Waals surface area contributed by atoms with Crippen molar-refractivity contribution >= 4 is 19.8 Å². The van der Waals surface area contributed by atoms with Crippen LogP contribution in [0.3, 0.4) is 0 Å². The fourth-order valence-electron chi connectivity index (χ4n) is 1.37. The fraction of sp³-hybridized carbons (Fsp3) is 0.400. The van der Waals surface area contributed by atoms with Gasteiger partial charge in [-0.1, -0.05) is 0 Å². The molecule has 0 amide bonds. The largest absolute Gasteiger partial charge is 0.698 e. The molecule has 11 nitrogen and oxygen atoms in total. The lowest BCUT2D eigenvalue weighted by Crippen LogP contribution is -2.16. The summed E-state index contributed by atoms with van der Waals surface area (Å²) >= 11 is 0. The van der Waals surface area contributed by atoms with Gasteiger partial charge >= 0.3 is 8.25 Å². The van der Waals surface area contributed by atoms with Gasteiger partial charge in [-0.05, 0) is 0 Å². The number of hydrogen-bond donors (Lipinski definition) is 0. The average Bonchev–Trinajstić information content (AvgIpc) is 3.16. The number of carbonyl (C=O) groups excluding carboxylic acids is 2. The highest BCUT2D eigenvalue weighted by Crippen LogP contribution is 2.23. The van der Waals surface area contributed by atoms with Crippen LogP contribution in [-0.2, 0) is 36.3 Å². The van der Waals surface area contributed by atoms with E-state index in [1.807, 2.05) is 0 Å². The van der Waals surface area contributed by atoms with Crippen LogP contribution in [0.15, 0.2) is 25.3 Å². The predicted molar refractivity (Wildman–Crippen MR) is 69.6 cm³/mol. The average molecular weight is 327 g/mol. The van der Waals surface area contributed by atoms with Gasteiger partial charge in [0.2, 0.25) is 0 Å². The molecule has 0 saturated carbocycles. The van der Waals surface area contributed by atoms with Crippen molar-refractivity contribution in [1.29, 1.82) is 0 Å². The summed E-state index contributed by atoms with van der Waals surface area (Å²) in [5.41, 5.74) is 0. The van der Waals surface area contributed by atoms with Crippen molar-refractivity contribution < 1.29 is 23.2 Å². The van der Waals surface area contributed by atoms with E-state index in [4.69, 9.17) is 9.05 Å². The summed E-state index contributed by atoms with van der Waals surface area (Å²) in [7, 11) is -2.55. The molecule has 0 aromatic carbocycles. The first-order valence-electron chi connectivity index (χ1n) is 6.05. The van der Waals surface area contributed by atoms with Crippen molar-refractivity contribution in [3.63, 3.8) is 0 Å². The minimum atomic E-state index is -2.55. The normalized spacial score (nSPS) is 10.5. The molecule has 22 heavy (non-hydrogen) atoms. The molecular formula is C10H12N6O5P+. The van der Waals surface area contributed by atoms with Gasteiger partial charge in [-0.15, -0.1) is 9.05 Å². The van der Waals surface area contributed by atoms with E-state index < -0.39 is 21.5 Å². The molecular weight excluding hydrogens is 315 g/mol. The molecule has 0 aliphatic carbocycles. The zero-order valence-electron chi connectivity index (χ0n) is 11.3. The first-order chi connectivity index (χ1) is 10.6. The van der Waals surface area contributed by atoms with Crippen LogP contribution in [-0.4, -0.2) is 54.3 Å². The van der Waals surface area contributed by atoms with Crippen LogP contribution in [0.2, 0.25) is 0 Å². The van der Waals surface area contributed by atoms with Gasteiger partial charge in [0.25, 0.3) is 0 Å². The van der Waals surface area contributed by atoms with Crippen molar-refractivity contribution in [2.45, 2.75) is 13.1 Å². The quantitative estimate of drug-likeness (QED) is 0.525. The highest BCUT2D eigenvalue weighted by atomic mass is 31.1. The van der Waals surface area contributed by atoms with Crippen LogP contribution in [0.25, 0.3) is 0 Å². The second-order valence-corrected chi connectivity index (χ2v) is 5.00. The maximum atomic E-state index is 11.5. The van der Waals surface area contributed by atoms with E-state index >= 15 is 0 Å². The Morgan fingerprint density at radius 2 is 1.36 bits per heavy atom. The number of aromatic nitrogens is 6. The molecule has 0 spiro atoms. The maximum absolute atomic E-state index is 11.5. The van der Waals surface area contributed by atoms with Crippen LogP contribution in [0.5, 0.6) is 0 Å². The number of rotatable bonds is 10. The predicted octanol–water partition coefficient (Wildman–Crippen LogP) is -0.601.